The van der Waals surface area contributed by atoms with Gasteiger partial charge in [0.05, 0.1) is 12.8 Å². The van der Waals surface area contributed by atoms with Crippen molar-refractivity contribution in [2.45, 2.75) is 54.1 Å². The lowest BCUT2D eigenvalue weighted by Crippen LogP contribution is -2.29. The number of nitrogens with one attached hydrogen (secondary N) is 1. The molecule has 1 aliphatic heterocycles. The van der Waals surface area contributed by atoms with Gasteiger partial charge in [0.2, 0.25) is 5.95 Å². The van der Waals surface area contributed by atoms with Gasteiger partial charge in [-0.2, -0.15) is 0 Å². The maximum Gasteiger partial charge on any atom is 0.287 e. The second-order valence-corrected chi connectivity index (χ2v) is 8.88. The second kappa shape index (κ2) is 7.74. The predicted molar refractivity (Wildman–Crippen MR) is 105 cm³/mol. The van der Waals surface area contributed by atoms with Gasteiger partial charge in [0.25, 0.3) is 5.91 Å². The largest absolute Gasteiger partial charge is 0.459 e. The van der Waals surface area contributed by atoms with E-state index in [4.69, 9.17) is 4.42 Å². The number of hydrogen-bond donors (Lipinski definition) is 1. The quantitative estimate of drug-likeness (QED) is 0.840. The fourth-order valence-electron chi connectivity index (χ4n) is 3.55. The zero-order chi connectivity index (χ0) is 19.6. The Balaban J connectivity index is 1.74. The zero-order valence-corrected chi connectivity index (χ0v) is 17.0. The number of furan rings is 1. The van der Waals surface area contributed by atoms with Gasteiger partial charge in [-0.15, -0.1) is 10.2 Å². The molecule has 1 atom stereocenters. The Labute approximate surface area is 161 Å². The molecule has 1 aliphatic rings. The van der Waals surface area contributed by atoms with Crippen LogP contribution in [0.1, 0.15) is 57.4 Å². The number of anilines is 1. The van der Waals surface area contributed by atoms with Gasteiger partial charge in [-0.25, -0.2) is 0 Å². The molecule has 0 radical (unpaired) electrons. The maximum atomic E-state index is 12.2. The Hall–Kier alpha value is -2.31. The molecule has 1 unspecified atom stereocenters. The number of carbonyl (C=O) groups is 1. The molecule has 1 amide bonds. The van der Waals surface area contributed by atoms with E-state index < -0.39 is 0 Å². The summed E-state index contributed by atoms with van der Waals surface area (Å²) in [6.07, 6.45) is 2.66. The third kappa shape index (κ3) is 4.51. The summed E-state index contributed by atoms with van der Waals surface area (Å²) in [5.41, 5.74) is 0.289. The van der Waals surface area contributed by atoms with Crippen molar-refractivity contribution in [3.8, 4) is 0 Å². The van der Waals surface area contributed by atoms with Crippen molar-refractivity contribution >= 4 is 11.9 Å². The van der Waals surface area contributed by atoms with Crippen LogP contribution in [0.4, 0.5) is 5.95 Å². The highest BCUT2D eigenvalue weighted by Gasteiger charge is 2.34. The highest BCUT2D eigenvalue weighted by atomic mass is 16.3. The average molecular weight is 374 g/mol. The first-order chi connectivity index (χ1) is 12.8. The first kappa shape index (κ1) is 19.5. The topological polar surface area (TPSA) is 76.2 Å². The molecule has 3 rings (SSSR count). The van der Waals surface area contributed by atoms with Crippen molar-refractivity contribution in [1.82, 2.24) is 20.1 Å². The minimum absolute atomic E-state index is 0.241. The highest BCUT2D eigenvalue weighted by molar-refractivity contribution is 5.91. The van der Waals surface area contributed by atoms with E-state index in [0.717, 1.165) is 31.4 Å². The summed E-state index contributed by atoms with van der Waals surface area (Å²) in [6.45, 7) is 14.4. The van der Waals surface area contributed by atoms with Gasteiger partial charge >= 0.3 is 0 Å². The fraction of sp³-hybridized carbons (Fsp3) is 0.650. The first-order valence-corrected chi connectivity index (χ1v) is 9.74. The lowest BCUT2D eigenvalue weighted by atomic mass is 9.80. The number of aromatic nitrogens is 3. The summed E-state index contributed by atoms with van der Waals surface area (Å²) >= 11 is 0. The fourth-order valence-corrected chi connectivity index (χ4v) is 3.55. The van der Waals surface area contributed by atoms with Gasteiger partial charge in [-0.3, -0.25) is 9.36 Å². The molecule has 27 heavy (non-hydrogen) atoms. The van der Waals surface area contributed by atoms with Crippen molar-refractivity contribution in [3.63, 3.8) is 0 Å². The number of nitrogens with zero attached hydrogens (tertiary/aromatic N) is 4. The minimum Gasteiger partial charge on any atom is -0.459 e. The van der Waals surface area contributed by atoms with Crippen LogP contribution in [-0.4, -0.2) is 33.8 Å². The van der Waals surface area contributed by atoms with Crippen molar-refractivity contribution in [2.75, 3.05) is 18.0 Å². The van der Waals surface area contributed by atoms with E-state index in [-0.39, 0.29) is 11.3 Å². The van der Waals surface area contributed by atoms with Crippen LogP contribution in [0, 0.1) is 17.3 Å². The van der Waals surface area contributed by atoms with Gasteiger partial charge in [0, 0.05) is 19.6 Å². The van der Waals surface area contributed by atoms with E-state index in [2.05, 4.69) is 59.6 Å². The van der Waals surface area contributed by atoms with Crippen LogP contribution in [0.25, 0.3) is 0 Å². The molecule has 148 valence electrons. The standard InChI is InChI=1S/C20H31N5O2/c1-14(2)12-25-17(11-21-18(26)16-7-6-10-27-16)22-23-19(25)24-9-8-15(13-24)20(3,4)5/h6-7,10,14-15H,8-9,11-13H2,1-5H3,(H,21,26). The molecule has 2 aromatic heterocycles. The van der Waals surface area contributed by atoms with Crippen molar-refractivity contribution in [2.24, 2.45) is 17.3 Å². The van der Waals surface area contributed by atoms with Crippen molar-refractivity contribution < 1.29 is 9.21 Å². The Bertz CT molecular complexity index is 758. The number of amides is 1. The van der Waals surface area contributed by atoms with E-state index in [0.29, 0.717) is 24.1 Å². The van der Waals surface area contributed by atoms with E-state index in [9.17, 15) is 4.79 Å². The SMILES string of the molecule is CC(C)Cn1c(CNC(=O)c2ccco2)nnc1N1CCC(C(C)(C)C)C1. The van der Waals surface area contributed by atoms with E-state index in [1.807, 2.05) is 0 Å². The Kier molecular flexibility index (Phi) is 5.58. The molecule has 7 nitrogen and oxygen atoms in total. The summed E-state index contributed by atoms with van der Waals surface area (Å²) in [6, 6.07) is 3.35. The Morgan fingerprint density at radius 2 is 2.15 bits per heavy atom. The molecule has 3 heterocycles. The Morgan fingerprint density at radius 3 is 2.74 bits per heavy atom. The van der Waals surface area contributed by atoms with Crippen LogP contribution in [0.3, 0.4) is 0 Å². The first-order valence-electron chi connectivity index (χ1n) is 9.74. The molecule has 0 bridgehead atoms. The van der Waals surface area contributed by atoms with Crippen LogP contribution >= 0.6 is 0 Å². The molecule has 0 aromatic carbocycles. The van der Waals surface area contributed by atoms with Crippen molar-refractivity contribution in [3.05, 3.63) is 30.0 Å². The van der Waals surface area contributed by atoms with Crippen LogP contribution in [-0.2, 0) is 13.1 Å². The van der Waals surface area contributed by atoms with Crippen LogP contribution in [0.15, 0.2) is 22.8 Å². The van der Waals surface area contributed by atoms with Gasteiger partial charge in [0.1, 0.15) is 0 Å². The summed E-state index contributed by atoms with van der Waals surface area (Å²) in [5.74, 6) is 2.85. The van der Waals surface area contributed by atoms with Crippen molar-refractivity contribution in [1.29, 1.82) is 0 Å². The summed E-state index contributed by atoms with van der Waals surface area (Å²) in [7, 11) is 0. The predicted octanol–water partition coefficient (Wildman–Crippen LogP) is 3.33. The molecule has 0 aliphatic carbocycles. The lowest BCUT2D eigenvalue weighted by Gasteiger charge is -2.27. The number of carbonyl (C=O) groups excluding carboxylic acids is 1. The van der Waals surface area contributed by atoms with Crippen LogP contribution in [0.2, 0.25) is 0 Å². The van der Waals surface area contributed by atoms with E-state index in [1.165, 1.54) is 12.7 Å². The number of rotatable bonds is 6. The van der Waals surface area contributed by atoms with Crippen LogP contribution < -0.4 is 10.2 Å². The third-order valence-corrected chi connectivity index (χ3v) is 5.20. The molecule has 1 saturated heterocycles. The summed E-state index contributed by atoms with van der Waals surface area (Å²) in [4.78, 5) is 14.5. The van der Waals surface area contributed by atoms with E-state index in [1.54, 1.807) is 12.1 Å². The van der Waals surface area contributed by atoms with E-state index >= 15 is 0 Å². The highest BCUT2D eigenvalue weighted by Crippen LogP contribution is 2.35. The molecule has 0 spiro atoms. The summed E-state index contributed by atoms with van der Waals surface area (Å²) in [5, 5.41) is 11.7. The van der Waals surface area contributed by atoms with Crippen LogP contribution in [0.5, 0.6) is 0 Å². The zero-order valence-electron chi connectivity index (χ0n) is 17.0. The molecule has 1 N–H and O–H groups in total. The molecule has 7 heteroatoms. The minimum atomic E-state index is -0.241. The second-order valence-electron chi connectivity index (χ2n) is 8.88. The average Bonchev–Trinajstić information content (AvgIpc) is 3.32. The lowest BCUT2D eigenvalue weighted by molar-refractivity contribution is 0.0921. The maximum absolute atomic E-state index is 12.2. The van der Waals surface area contributed by atoms with Gasteiger partial charge in [0.15, 0.2) is 11.6 Å². The third-order valence-electron chi connectivity index (χ3n) is 5.20. The molecule has 1 fully saturated rings. The molecular weight excluding hydrogens is 342 g/mol. The monoisotopic (exact) mass is 373 g/mol. The Morgan fingerprint density at radius 1 is 1.37 bits per heavy atom. The van der Waals surface area contributed by atoms with Gasteiger partial charge < -0.3 is 14.6 Å². The molecular formula is C20H31N5O2. The normalized spacial score (nSPS) is 17.7. The smallest absolute Gasteiger partial charge is 0.287 e. The summed E-state index contributed by atoms with van der Waals surface area (Å²) < 4.78 is 7.30. The van der Waals surface area contributed by atoms with Gasteiger partial charge in [-0.05, 0) is 35.8 Å². The molecule has 2 aromatic rings. The molecule has 0 saturated carbocycles. The number of hydrogen-bond acceptors (Lipinski definition) is 5. The van der Waals surface area contributed by atoms with Gasteiger partial charge in [-0.1, -0.05) is 34.6 Å².